The van der Waals surface area contributed by atoms with Gasteiger partial charge in [-0.15, -0.1) is 11.3 Å². The van der Waals surface area contributed by atoms with Crippen LogP contribution in [0.15, 0.2) is 15.9 Å². The van der Waals surface area contributed by atoms with E-state index >= 15 is 0 Å². The van der Waals surface area contributed by atoms with Crippen LogP contribution in [0, 0.1) is 0 Å². The molecule has 0 bridgehead atoms. The largest absolute Gasteiger partial charge is 0.481 e. The van der Waals surface area contributed by atoms with E-state index in [-0.39, 0.29) is 18.4 Å². The fourth-order valence-electron chi connectivity index (χ4n) is 1.34. The maximum Gasteiger partial charge on any atom is 0.303 e. The molecule has 0 saturated heterocycles. The van der Waals surface area contributed by atoms with Gasteiger partial charge in [-0.1, -0.05) is 0 Å². The van der Waals surface area contributed by atoms with Crippen LogP contribution in [-0.2, 0) is 16.0 Å². The molecule has 1 heterocycles. The number of hydrogen-bond acceptors (Lipinski definition) is 3. The van der Waals surface area contributed by atoms with Gasteiger partial charge in [-0.25, -0.2) is 0 Å². The molecule has 0 aliphatic carbocycles. The summed E-state index contributed by atoms with van der Waals surface area (Å²) >= 11 is 4.86. The van der Waals surface area contributed by atoms with Crippen LogP contribution >= 0.6 is 27.3 Å². The molecule has 0 radical (unpaired) electrons. The van der Waals surface area contributed by atoms with E-state index in [2.05, 4.69) is 21.2 Å². The highest BCUT2D eigenvalue weighted by molar-refractivity contribution is 9.11. The molecule has 4 nitrogen and oxygen atoms in total. The van der Waals surface area contributed by atoms with E-state index in [0.717, 1.165) is 8.66 Å². The fraction of sp³-hybridized carbons (Fsp3) is 0.455. The molecule has 0 aromatic carbocycles. The highest BCUT2D eigenvalue weighted by atomic mass is 79.9. The lowest BCUT2D eigenvalue weighted by Gasteiger charge is -2.12. The van der Waals surface area contributed by atoms with Crippen LogP contribution < -0.4 is 5.32 Å². The minimum absolute atomic E-state index is 0.0720. The van der Waals surface area contributed by atoms with Gasteiger partial charge in [0, 0.05) is 17.3 Å². The lowest BCUT2D eigenvalue weighted by molar-refractivity contribution is -0.137. The molecule has 0 spiro atoms. The molecule has 1 aromatic heterocycles. The van der Waals surface area contributed by atoms with Gasteiger partial charge < -0.3 is 10.4 Å². The SMILES string of the molecule is CC(CCC(=O)O)NC(=O)Cc1ccc(Br)s1. The molecule has 94 valence electrons. The third-order valence-corrected chi connectivity index (χ3v) is 3.79. The lowest BCUT2D eigenvalue weighted by atomic mass is 10.2. The zero-order valence-corrected chi connectivity index (χ0v) is 11.8. The zero-order valence-electron chi connectivity index (χ0n) is 9.40. The Morgan fingerprint density at radius 3 is 2.76 bits per heavy atom. The van der Waals surface area contributed by atoms with Gasteiger partial charge >= 0.3 is 5.97 Å². The van der Waals surface area contributed by atoms with Crippen molar-refractivity contribution < 1.29 is 14.7 Å². The van der Waals surface area contributed by atoms with Gasteiger partial charge in [-0.05, 0) is 41.4 Å². The third kappa shape index (κ3) is 5.83. The summed E-state index contributed by atoms with van der Waals surface area (Å²) in [7, 11) is 0. The van der Waals surface area contributed by atoms with Gasteiger partial charge in [0.25, 0.3) is 0 Å². The first kappa shape index (κ1) is 14.2. The van der Waals surface area contributed by atoms with Crippen LogP contribution in [0.1, 0.15) is 24.6 Å². The zero-order chi connectivity index (χ0) is 12.8. The van der Waals surface area contributed by atoms with Gasteiger partial charge in [0.1, 0.15) is 0 Å². The lowest BCUT2D eigenvalue weighted by Crippen LogP contribution is -2.33. The first-order chi connectivity index (χ1) is 7.97. The van der Waals surface area contributed by atoms with E-state index in [1.54, 1.807) is 0 Å². The molecule has 1 atom stereocenters. The predicted molar refractivity (Wildman–Crippen MR) is 70.2 cm³/mol. The van der Waals surface area contributed by atoms with Crippen molar-refractivity contribution >= 4 is 39.1 Å². The van der Waals surface area contributed by atoms with E-state index in [1.165, 1.54) is 11.3 Å². The minimum atomic E-state index is -0.840. The van der Waals surface area contributed by atoms with Crippen LogP contribution in [0.25, 0.3) is 0 Å². The number of nitrogens with one attached hydrogen (secondary N) is 1. The van der Waals surface area contributed by atoms with Crippen LogP contribution in [0.5, 0.6) is 0 Å². The summed E-state index contributed by atoms with van der Waals surface area (Å²) in [4.78, 5) is 23.0. The molecule has 0 aliphatic rings. The van der Waals surface area contributed by atoms with Crippen molar-refractivity contribution in [2.24, 2.45) is 0 Å². The molecule has 1 unspecified atom stereocenters. The summed E-state index contributed by atoms with van der Waals surface area (Å²) in [5.74, 6) is -0.912. The van der Waals surface area contributed by atoms with Crippen molar-refractivity contribution in [3.8, 4) is 0 Å². The van der Waals surface area contributed by atoms with Crippen LogP contribution in [0.3, 0.4) is 0 Å². The van der Waals surface area contributed by atoms with E-state index < -0.39 is 5.97 Å². The molecular weight excluding hydrogens is 306 g/mol. The Bertz CT molecular complexity index is 405. The number of amides is 1. The number of carbonyl (C=O) groups excluding carboxylic acids is 1. The van der Waals surface area contributed by atoms with Crippen molar-refractivity contribution in [3.05, 3.63) is 20.8 Å². The number of carboxylic acids is 1. The van der Waals surface area contributed by atoms with Gasteiger partial charge in [-0.2, -0.15) is 0 Å². The first-order valence-electron chi connectivity index (χ1n) is 5.22. The Kier molecular flexibility index (Phi) is 5.64. The number of carbonyl (C=O) groups is 2. The standard InChI is InChI=1S/C11H14BrNO3S/c1-7(2-5-11(15)16)13-10(14)6-8-3-4-9(12)17-8/h3-4,7H,2,5-6H2,1H3,(H,13,14)(H,15,16). The number of aliphatic carboxylic acids is 1. The van der Waals surface area contributed by atoms with E-state index in [0.29, 0.717) is 12.8 Å². The number of rotatable bonds is 6. The molecule has 2 N–H and O–H groups in total. The second-order valence-electron chi connectivity index (χ2n) is 3.78. The Morgan fingerprint density at radius 2 is 2.24 bits per heavy atom. The topological polar surface area (TPSA) is 66.4 Å². The second-order valence-corrected chi connectivity index (χ2v) is 6.33. The highest BCUT2D eigenvalue weighted by Gasteiger charge is 2.10. The molecular formula is C11H14BrNO3S. The average Bonchev–Trinajstić information content (AvgIpc) is 2.60. The Balaban J connectivity index is 2.31. The molecule has 0 saturated carbocycles. The summed E-state index contributed by atoms with van der Waals surface area (Å²) in [5.41, 5.74) is 0. The van der Waals surface area contributed by atoms with Crippen LogP contribution in [0.2, 0.25) is 0 Å². The summed E-state index contributed by atoms with van der Waals surface area (Å²) in [6.07, 6.45) is 0.870. The molecule has 6 heteroatoms. The van der Waals surface area contributed by atoms with E-state index in [4.69, 9.17) is 5.11 Å². The molecule has 0 aliphatic heterocycles. The van der Waals surface area contributed by atoms with Crippen LogP contribution in [0.4, 0.5) is 0 Å². The molecule has 17 heavy (non-hydrogen) atoms. The molecule has 1 aromatic rings. The van der Waals surface area contributed by atoms with Crippen molar-refractivity contribution in [2.75, 3.05) is 0 Å². The average molecular weight is 320 g/mol. The van der Waals surface area contributed by atoms with Gasteiger partial charge in [0.2, 0.25) is 5.91 Å². The van der Waals surface area contributed by atoms with Gasteiger partial charge in [0.15, 0.2) is 0 Å². The van der Waals surface area contributed by atoms with Gasteiger partial charge in [-0.3, -0.25) is 9.59 Å². The van der Waals surface area contributed by atoms with E-state index in [1.807, 2.05) is 19.1 Å². The first-order valence-corrected chi connectivity index (χ1v) is 6.83. The summed E-state index contributed by atoms with van der Waals surface area (Å²) in [6, 6.07) is 3.69. The third-order valence-electron chi connectivity index (χ3n) is 2.16. The number of hydrogen-bond donors (Lipinski definition) is 2. The fourth-order valence-corrected chi connectivity index (χ4v) is 2.82. The number of halogens is 1. The van der Waals surface area contributed by atoms with E-state index in [9.17, 15) is 9.59 Å². The van der Waals surface area contributed by atoms with Gasteiger partial charge in [0.05, 0.1) is 10.2 Å². The Labute approximate surface area is 112 Å². The predicted octanol–water partition coefficient (Wildman–Crippen LogP) is 2.42. The minimum Gasteiger partial charge on any atom is -0.481 e. The monoisotopic (exact) mass is 319 g/mol. The summed E-state index contributed by atoms with van der Waals surface area (Å²) < 4.78 is 0.999. The smallest absolute Gasteiger partial charge is 0.303 e. The second kappa shape index (κ2) is 6.76. The maximum absolute atomic E-state index is 11.6. The Morgan fingerprint density at radius 1 is 1.53 bits per heavy atom. The Hall–Kier alpha value is -0.880. The highest BCUT2D eigenvalue weighted by Crippen LogP contribution is 2.22. The maximum atomic E-state index is 11.6. The summed E-state index contributed by atoms with van der Waals surface area (Å²) in [6.45, 7) is 1.81. The van der Waals surface area contributed by atoms with Crippen molar-refractivity contribution in [1.29, 1.82) is 0 Å². The number of carboxylic acid groups (broad SMARTS) is 1. The van der Waals surface area contributed by atoms with Crippen LogP contribution in [-0.4, -0.2) is 23.0 Å². The number of thiophene rings is 1. The normalized spacial score (nSPS) is 12.1. The van der Waals surface area contributed by atoms with Crippen molar-refractivity contribution in [3.63, 3.8) is 0 Å². The molecule has 1 rings (SSSR count). The summed E-state index contributed by atoms with van der Waals surface area (Å²) in [5, 5.41) is 11.3. The van der Waals surface area contributed by atoms with Crippen molar-refractivity contribution in [2.45, 2.75) is 32.2 Å². The molecule has 1 amide bonds. The quantitative estimate of drug-likeness (QED) is 0.846. The van der Waals surface area contributed by atoms with Crippen molar-refractivity contribution in [1.82, 2.24) is 5.32 Å². The molecule has 0 fully saturated rings.